The monoisotopic (exact) mass is 401 g/mol. The fraction of sp³-hybridized carbons (Fsp3) is 0.312. The molecule has 3 rings (SSSR count). The molecule has 0 aliphatic rings. The highest BCUT2D eigenvalue weighted by Gasteiger charge is 2.31. The molecule has 1 atom stereocenters. The summed E-state index contributed by atoms with van der Waals surface area (Å²) < 4.78 is 46.0. The number of hydrogen-bond acceptors (Lipinski definition) is 7. The summed E-state index contributed by atoms with van der Waals surface area (Å²) in [5.74, 6) is 0.219. The topological polar surface area (TPSA) is 61.0 Å². The molecule has 0 bridgehead atoms. The zero-order chi connectivity index (χ0) is 18.7. The Morgan fingerprint density at radius 2 is 1.96 bits per heavy atom. The van der Waals surface area contributed by atoms with Crippen molar-refractivity contribution < 1.29 is 22.3 Å². The maximum atomic E-state index is 12.2. The molecule has 5 nitrogen and oxygen atoms in total. The Kier molecular flexibility index (Phi) is 5.52. The number of thioether (sulfide) groups is 1. The van der Waals surface area contributed by atoms with E-state index in [1.807, 2.05) is 19.2 Å². The lowest BCUT2D eigenvalue weighted by atomic mass is 10.2. The Bertz CT molecular complexity index is 862. The minimum absolute atomic E-state index is 0.0789. The van der Waals surface area contributed by atoms with E-state index in [-0.39, 0.29) is 11.0 Å². The van der Waals surface area contributed by atoms with Crippen LogP contribution in [0.3, 0.4) is 0 Å². The second-order valence-electron chi connectivity index (χ2n) is 5.37. The predicted octanol–water partition coefficient (Wildman–Crippen LogP) is 5.18. The summed E-state index contributed by atoms with van der Waals surface area (Å²) >= 11 is 2.89. The summed E-state index contributed by atoms with van der Waals surface area (Å²) in [6.45, 7) is 3.83. The van der Waals surface area contributed by atoms with Gasteiger partial charge in [-0.1, -0.05) is 23.9 Å². The Labute approximate surface area is 155 Å². The van der Waals surface area contributed by atoms with E-state index in [0.717, 1.165) is 16.3 Å². The minimum Gasteiger partial charge on any atom is -0.416 e. The van der Waals surface area contributed by atoms with Crippen LogP contribution in [-0.4, -0.2) is 21.5 Å². The fourth-order valence-corrected chi connectivity index (χ4v) is 3.60. The zero-order valence-corrected chi connectivity index (χ0v) is 15.4. The van der Waals surface area contributed by atoms with Gasteiger partial charge in [-0.3, -0.25) is 0 Å². The van der Waals surface area contributed by atoms with Gasteiger partial charge in [-0.2, -0.15) is 0 Å². The SMILES string of the molecule is Cc1nc(Cc2nnc(SC(C)c3ccc(OC(F)(F)F)cc3)o2)cs1. The summed E-state index contributed by atoms with van der Waals surface area (Å²) in [5.41, 5.74) is 1.69. The van der Waals surface area contributed by atoms with E-state index in [1.54, 1.807) is 23.5 Å². The van der Waals surface area contributed by atoms with Gasteiger partial charge in [0.2, 0.25) is 5.89 Å². The van der Waals surface area contributed by atoms with Crippen LogP contribution in [0, 0.1) is 6.92 Å². The predicted molar refractivity (Wildman–Crippen MR) is 91.4 cm³/mol. The van der Waals surface area contributed by atoms with Crippen LogP contribution in [-0.2, 0) is 6.42 Å². The van der Waals surface area contributed by atoms with Gasteiger partial charge in [0.1, 0.15) is 5.75 Å². The van der Waals surface area contributed by atoms with E-state index in [9.17, 15) is 13.2 Å². The van der Waals surface area contributed by atoms with Crippen molar-refractivity contribution in [1.29, 1.82) is 0 Å². The molecule has 0 radical (unpaired) electrons. The number of ether oxygens (including phenoxy) is 1. The largest absolute Gasteiger partial charge is 0.573 e. The van der Waals surface area contributed by atoms with Crippen LogP contribution in [0.4, 0.5) is 13.2 Å². The molecule has 1 unspecified atom stereocenters. The number of aryl methyl sites for hydroxylation is 1. The molecule has 0 fully saturated rings. The molecule has 0 N–H and O–H groups in total. The molecule has 0 amide bonds. The van der Waals surface area contributed by atoms with Gasteiger partial charge in [-0.15, -0.1) is 34.7 Å². The van der Waals surface area contributed by atoms with Crippen molar-refractivity contribution in [3.63, 3.8) is 0 Å². The molecule has 2 aromatic heterocycles. The van der Waals surface area contributed by atoms with E-state index in [2.05, 4.69) is 19.9 Å². The maximum Gasteiger partial charge on any atom is 0.573 e. The van der Waals surface area contributed by atoms with Gasteiger partial charge >= 0.3 is 6.36 Å². The van der Waals surface area contributed by atoms with E-state index in [4.69, 9.17) is 4.42 Å². The van der Waals surface area contributed by atoms with Crippen LogP contribution >= 0.6 is 23.1 Å². The summed E-state index contributed by atoms with van der Waals surface area (Å²) in [6.07, 6.45) is -4.23. The smallest absolute Gasteiger partial charge is 0.416 e. The quantitative estimate of drug-likeness (QED) is 0.531. The zero-order valence-electron chi connectivity index (χ0n) is 13.8. The van der Waals surface area contributed by atoms with Crippen molar-refractivity contribution in [1.82, 2.24) is 15.2 Å². The second-order valence-corrected chi connectivity index (χ2v) is 7.73. The third-order valence-electron chi connectivity index (χ3n) is 3.31. The molecule has 0 aliphatic carbocycles. The first-order valence-corrected chi connectivity index (χ1v) is 9.30. The summed E-state index contributed by atoms with van der Waals surface area (Å²) in [6, 6.07) is 5.72. The Balaban J connectivity index is 1.60. The van der Waals surface area contributed by atoms with Crippen LogP contribution in [0.15, 0.2) is 39.3 Å². The fourth-order valence-electron chi connectivity index (χ4n) is 2.16. The van der Waals surface area contributed by atoms with E-state index < -0.39 is 6.36 Å². The number of alkyl halides is 3. The number of aromatic nitrogens is 3. The third-order valence-corrected chi connectivity index (χ3v) is 5.12. The van der Waals surface area contributed by atoms with Crippen molar-refractivity contribution in [3.05, 3.63) is 51.8 Å². The summed E-state index contributed by atoms with van der Waals surface area (Å²) in [4.78, 5) is 4.35. The van der Waals surface area contributed by atoms with Gasteiger partial charge in [0.25, 0.3) is 5.22 Å². The first-order valence-electron chi connectivity index (χ1n) is 7.54. The van der Waals surface area contributed by atoms with Crippen molar-refractivity contribution >= 4 is 23.1 Å². The normalized spacial score (nSPS) is 13.0. The third kappa shape index (κ3) is 5.21. The Morgan fingerprint density at radius 1 is 1.23 bits per heavy atom. The number of benzene rings is 1. The molecule has 0 saturated carbocycles. The Morgan fingerprint density at radius 3 is 2.58 bits per heavy atom. The first kappa shape index (κ1) is 18.7. The van der Waals surface area contributed by atoms with Crippen LogP contribution in [0.5, 0.6) is 5.75 Å². The van der Waals surface area contributed by atoms with Gasteiger partial charge in [0.15, 0.2) is 0 Å². The van der Waals surface area contributed by atoms with Gasteiger partial charge < -0.3 is 9.15 Å². The number of nitrogens with zero attached hydrogens (tertiary/aromatic N) is 3. The molecule has 0 aliphatic heterocycles. The van der Waals surface area contributed by atoms with Crippen molar-refractivity contribution in [2.45, 2.75) is 37.1 Å². The van der Waals surface area contributed by atoms with Gasteiger partial charge in [-0.25, -0.2) is 4.98 Å². The highest BCUT2D eigenvalue weighted by atomic mass is 32.2. The van der Waals surface area contributed by atoms with Crippen LogP contribution < -0.4 is 4.74 Å². The molecule has 10 heteroatoms. The van der Waals surface area contributed by atoms with Crippen molar-refractivity contribution in [3.8, 4) is 5.75 Å². The van der Waals surface area contributed by atoms with Gasteiger partial charge in [0.05, 0.1) is 17.1 Å². The standard InChI is InChI=1S/C16H14F3N3O2S2/c1-9(11-3-5-13(6-4-11)24-16(17,18)19)26-15-22-21-14(23-15)7-12-8-25-10(2)20-12/h3-6,8-9H,7H2,1-2H3. The van der Waals surface area contributed by atoms with Crippen molar-refractivity contribution in [2.24, 2.45) is 0 Å². The summed E-state index contributed by atoms with van der Waals surface area (Å²) in [5, 5.41) is 11.2. The van der Waals surface area contributed by atoms with Gasteiger partial charge in [-0.05, 0) is 31.5 Å². The number of hydrogen-bond donors (Lipinski definition) is 0. The molecule has 3 aromatic rings. The lowest BCUT2D eigenvalue weighted by Gasteiger charge is -2.11. The molecular weight excluding hydrogens is 387 g/mol. The molecule has 1 aromatic carbocycles. The van der Waals surface area contributed by atoms with E-state index >= 15 is 0 Å². The second kappa shape index (κ2) is 7.67. The van der Waals surface area contributed by atoms with Crippen LogP contribution in [0.25, 0.3) is 0 Å². The Hall–Kier alpha value is -2.07. The number of halogens is 3. The number of rotatable bonds is 6. The number of thiazole rings is 1. The average molecular weight is 401 g/mol. The maximum absolute atomic E-state index is 12.2. The van der Waals surface area contributed by atoms with E-state index in [1.165, 1.54) is 23.9 Å². The molecule has 0 saturated heterocycles. The lowest BCUT2D eigenvalue weighted by molar-refractivity contribution is -0.274. The van der Waals surface area contributed by atoms with Crippen LogP contribution in [0.1, 0.15) is 34.3 Å². The minimum atomic E-state index is -4.70. The highest BCUT2D eigenvalue weighted by Crippen LogP contribution is 2.35. The summed E-state index contributed by atoms with van der Waals surface area (Å²) in [7, 11) is 0. The van der Waals surface area contributed by atoms with Gasteiger partial charge in [0, 0.05) is 10.6 Å². The molecule has 2 heterocycles. The van der Waals surface area contributed by atoms with Crippen LogP contribution in [0.2, 0.25) is 0 Å². The van der Waals surface area contributed by atoms with E-state index in [0.29, 0.717) is 17.5 Å². The molecule has 26 heavy (non-hydrogen) atoms. The average Bonchev–Trinajstić information content (AvgIpc) is 3.16. The molecular formula is C16H14F3N3O2S2. The molecule has 0 spiro atoms. The molecule has 138 valence electrons. The highest BCUT2D eigenvalue weighted by molar-refractivity contribution is 7.99. The lowest BCUT2D eigenvalue weighted by Crippen LogP contribution is -2.17. The first-order chi connectivity index (χ1) is 12.3. The van der Waals surface area contributed by atoms with Crippen molar-refractivity contribution in [2.75, 3.05) is 0 Å².